The minimum Gasteiger partial charge on any atom is -0.294 e. The molecule has 0 aliphatic carbocycles. The lowest BCUT2D eigenvalue weighted by Crippen LogP contribution is -1.93. The molecule has 4 aromatic rings. The first kappa shape index (κ1) is 13.6. The maximum Gasteiger partial charge on any atom is 0.160 e. The van der Waals surface area contributed by atoms with Crippen LogP contribution in [0.15, 0.2) is 73.1 Å². The predicted molar refractivity (Wildman–Crippen MR) is 94.7 cm³/mol. The minimum atomic E-state index is 0.0968. The summed E-state index contributed by atoms with van der Waals surface area (Å²) >= 11 is 0. The van der Waals surface area contributed by atoms with Gasteiger partial charge in [-0.2, -0.15) is 0 Å². The number of fused-ring (bicyclic) bond motifs is 2. The van der Waals surface area contributed by atoms with Crippen LogP contribution in [0.2, 0.25) is 0 Å². The number of hydrogen-bond acceptors (Lipinski definition) is 2. The van der Waals surface area contributed by atoms with E-state index in [2.05, 4.69) is 41.4 Å². The maximum atomic E-state index is 11.8. The summed E-state index contributed by atoms with van der Waals surface area (Å²) in [5.41, 5.74) is 3.10. The summed E-state index contributed by atoms with van der Waals surface area (Å²) in [6, 6.07) is 20.4. The van der Waals surface area contributed by atoms with Crippen molar-refractivity contribution in [1.82, 2.24) is 4.98 Å². The smallest absolute Gasteiger partial charge is 0.160 e. The minimum absolute atomic E-state index is 0.0968. The van der Waals surface area contributed by atoms with Crippen molar-refractivity contribution in [3.8, 4) is 11.1 Å². The van der Waals surface area contributed by atoms with Gasteiger partial charge in [0.1, 0.15) is 0 Å². The fraction of sp³-hybridized carbons (Fsp3) is 0.0476. The molecule has 0 N–H and O–H groups in total. The van der Waals surface area contributed by atoms with Crippen LogP contribution in [0.1, 0.15) is 17.3 Å². The van der Waals surface area contributed by atoms with E-state index in [9.17, 15) is 4.79 Å². The number of carbonyl (C=O) groups excluding carboxylic acids is 1. The second-order valence-corrected chi connectivity index (χ2v) is 5.70. The lowest BCUT2D eigenvalue weighted by molar-refractivity contribution is 0.101. The fourth-order valence-corrected chi connectivity index (χ4v) is 3.13. The highest BCUT2D eigenvalue weighted by molar-refractivity contribution is 6.08. The molecule has 110 valence electrons. The van der Waals surface area contributed by atoms with E-state index < -0.39 is 0 Å². The molecular formula is C21H15NO. The lowest BCUT2D eigenvalue weighted by Gasteiger charge is -2.09. The first-order valence-corrected chi connectivity index (χ1v) is 7.61. The number of hydrogen-bond donors (Lipinski definition) is 0. The molecule has 0 amide bonds. The normalized spacial score (nSPS) is 11.0. The van der Waals surface area contributed by atoms with E-state index in [-0.39, 0.29) is 5.78 Å². The van der Waals surface area contributed by atoms with Crippen LogP contribution in [0.5, 0.6) is 0 Å². The van der Waals surface area contributed by atoms with Gasteiger partial charge in [0.2, 0.25) is 0 Å². The number of benzene rings is 3. The Bertz CT molecular complexity index is 1040. The van der Waals surface area contributed by atoms with Gasteiger partial charge in [-0.3, -0.25) is 9.78 Å². The zero-order valence-corrected chi connectivity index (χ0v) is 12.8. The highest BCUT2D eigenvalue weighted by Crippen LogP contribution is 2.31. The summed E-state index contributed by atoms with van der Waals surface area (Å²) in [5.74, 6) is 0.0968. The molecule has 0 bridgehead atoms. The first-order valence-electron chi connectivity index (χ1n) is 7.61. The third-order valence-corrected chi connectivity index (χ3v) is 4.25. The summed E-state index contributed by atoms with van der Waals surface area (Å²) in [6.07, 6.45) is 3.70. The van der Waals surface area contributed by atoms with Crippen molar-refractivity contribution in [1.29, 1.82) is 0 Å². The molecule has 0 radical (unpaired) electrons. The number of nitrogens with zero attached hydrogens (tertiary/aromatic N) is 1. The molecule has 0 spiro atoms. The summed E-state index contributed by atoms with van der Waals surface area (Å²) < 4.78 is 0. The fourth-order valence-electron chi connectivity index (χ4n) is 3.13. The van der Waals surface area contributed by atoms with Crippen LogP contribution in [0.3, 0.4) is 0 Å². The molecule has 0 saturated carbocycles. The average molecular weight is 297 g/mol. The summed E-state index contributed by atoms with van der Waals surface area (Å²) in [6.45, 7) is 1.61. The molecule has 1 heterocycles. The molecule has 0 atom stereocenters. The third kappa shape index (κ3) is 2.29. The van der Waals surface area contributed by atoms with E-state index in [1.807, 2.05) is 36.7 Å². The second kappa shape index (κ2) is 5.33. The standard InChI is InChI=1S/C21H15NO/c1-14(23)18-6-2-4-15-12-16(8-9-20(15)18)19-7-3-5-17-13-22-11-10-21(17)19/h2-13H,1H3. The maximum absolute atomic E-state index is 11.8. The first-order chi connectivity index (χ1) is 11.2. The predicted octanol–water partition coefficient (Wildman–Crippen LogP) is 5.26. The number of pyridine rings is 1. The molecule has 4 rings (SSSR count). The molecule has 0 unspecified atom stereocenters. The van der Waals surface area contributed by atoms with Crippen LogP contribution < -0.4 is 0 Å². The highest BCUT2D eigenvalue weighted by Gasteiger charge is 2.08. The van der Waals surface area contributed by atoms with E-state index >= 15 is 0 Å². The summed E-state index contributed by atoms with van der Waals surface area (Å²) in [7, 11) is 0. The Kier molecular flexibility index (Phi) is 3.16. The second-order valence-electron chi connectivity index (χ2n) is 5.70. The molecule has 3 aromatic carbocycles. The van der Waals surface area contributed by atoms with Gasteiger partial charge >= 0.3 is 0 Å². The van der Waals surface area contributed by atoms with Crippen molar-refractivity contribution < 1.29 is 4.79 Å². The van der Waals surface area contributed by atoms with Gasteiger partial charge in [-0.15, -0.1) is 0 Å². The van der Waals surface area contributed by atoms with Crippen LogP contribution in [0.4, 0.5) is 0 Å². The van der Waals surface area contributed by atoms with Gasteiger partial charge in [-0.05, 0) is 46.3 Å². The van der Waals surface area contributed by atoms with Crippen molar-refractivity contribution >= 4 is 27.3 Å². The van der Waals surface area contributed by atoms with Gasteiger partial charge in [0.15, 0.2) is 5.78 Å². The zero-order chi connectivity index (χ0) is 15.8. The van der Waals surface area contributed by atoms with Gasteiger partial charge in [0.25, 0.3) is 0 Å². The molecule has 1 aromatic heterocycles. The Hall–Kier alpha value is -3.00. The van der Waals surface area contributed by atoms with Gasteiger partial charge in [-0.25, -0.2) is 0 Å². The Morgan fingerprint density at radius 2 is 1.70 bits per heavy atom. The van der Waals surface area contributed by atoms with Crippen molar-refractivity contribution in [3.63, 3.8) is 0 Å². The molecule has 2 heteroatoms. The molecule has 23 heavy (non-hydrogen) atoms. The third-order valence-electron chi connectivity index (χ3n) is 4.25. The molecule has 0 saturated heterocycles. The van der Waals surface area contributed by atoms with E-state index in [4.69, 9.17) is 0 Å². The van der Waals surface area contributed by atoms with Gasteiger partial charge in [0.05, 0.1) is 0 Å². The van der Waals surface area contributed by atoms with E-state index in [1.165, 1.54) is 10.9 Å². The largest absolute Gasteiger partial charge is 0.294 e. The average Bonchev–Trinajstić information content (AvgIpc) is 2.60. The van der Waals surface area contributed by atoms with Crippen molar-refractivity contribution in [2.24, 2.45) is 0 Å². The number of aromatic nitrogens is 1. The lowest BCUT2D eigenvalue weighted by atomic mass is 9.95. The van der Waals surface area contributed by atoms with Crippen LogP contribution in [-0.4, -0.2) is 10.8 Å². The van der Waals surface area contributed by atoms with Crippen LogP contribution >= 0.6 is 0 Å². The number of ketones is 1. The summed E-state index contributed by atoms with van der Waals surface area (Å²) in [5, 5.41) is 4.40. The number of carbonyl (C=O) groups is 1. The van der Waals surface area contributed by atoms with Crippen molar-refractivity contribution in [2.75, 3.05) is 0 Å². The van der Waals surface area contributed by atoms with Crippen molar-refractivity contribution in [2.45, 2.75) is 6.92 Å². The Morgan fingerprint density at radius 3 is 2.57 bits per heavy atom. The van der Waals surface area contributed by atoms with Crippen molar-refractivity contribution in [3.05, 3.63) is 78.6 Å². The van der Waals surface area contributed by atoms with Gasteiger partial charge in [-0.1, -0.05) is 48.5 Å². The van der Waals surface area contributed by atoms with Crippen LogP contribution in [0, 0.1) is 0 Å². The molecule has 0 fully saturated rings. The topological polar surface area (TPSA) is 30.0 Å². The van der Waals surface area contributed by atoms with Gasteiger partial charge < -0.3 is 0 Å². The highest BCUT2D eigenvalue weighted by atomic mass is 16.1. The SMILES string of the molecule is CC(=O)c1cccc2cc(-c3cccc4cnccc34)ccc12. The van der Waals surface area contributed by atoms with E-state index in [0.29, 0.717) is 0 Å². The van der Waals surface area contributed by atoms with Crippen LogP contribution in [-0.2, 0) is 0 Å². The Morgan fingerprint density at radius 1 is 0.870 bits per heavy atom. The molecule has 0 aliphatic rings. The van der Waals surface area contributed by atoms with E-state index in [0.717, 1.165) is 27.3 Å². The van der Waals surface area contributed by atoms with E-state index in [1.54, 1.807) is 6.92 Å². The molecular weight excluding hydrogens is 282 g/mol. The molecule has 2 nitrogen and oxygen atoms in total. The zero-order valence-electron chi connectivity index (χ0n) is 12.8. The monoisotopic (exact) mass is 297 g/mol. The Balaban J connectivity index is 1.97. The number of Topliss-reactive ketones (excluding diaryl/α,β-unsaturated/α-hetero) is 1. The van der Waals surface area contributed by atoms with Gasteiger partial charge in [0, 0.05) is 23.3 Å². The number of rotatable bonds is 2. The summed E-state index contributed by atoms with van der Waals surface area (Å²) in [4.78, 5) is 16.0. The molecule has 0 aliphatic heterocycles. The Labute approximate surface area is 134 Å². The quantitative estimate of drug-likeness (QED) is 0.472. The van der Waals surface area contributed by atoms with Crippen LogP contribution in [0.25, 0.3) is 32.7 Å².